The lowest BCUT2D eigenvalue weighted by Gasteiger charge is -2.23. The lowest BCUT2D eigenvalue weighted by atomic mass is 10.0. The summed E-state index contributed by atoms with van der Waals surface area (Å²) in [6.07, 6.45) is 0. The van der Waals surface area contributed by atoms with Crippen molar-refractivity contribution in [1.82, 2.24) is 19.9 Å². The Morgan fingerprint density at radius 2 is 0.750 bits per heavy atom. The maximum Gasteiger partial charge on any atom is 0.179 e. The van der Waals surface area contributed by atoms with Crippen LogP contribution >= 0.6 is 0 Å². The Balaban J connectivity index is 1.33. The Labute approximate surface area is 203 Å². The molecule has 0 bridgehead atoms. The predicted molar refractivity (Wildman–Crippen MR) is 128 cm³/mol. The fourth-order valence-electron chi connectivity index (χ4n) is 3.91. The van der Waals surface area contributed by atoms with Crippen LogP contribution < -0.4 is 21.3 Å². The van der Waals surface area contributed by atoms with Crippen LogP contribution in [0.5, 0.6) is 0 Å². The van der Waals surface area contributed by atoms with E-state index in [2.05, 4.69) is 41.2 Å². The molecule has 0 unspecified atom stereocenters. The van der Waals surface area contributed by atoms with Gasteiger partial charge in [0.1, 0.15) is 24.3 Å². The van der Waals surface area contributed by atoms with Gasteiger partial charge >= 0.3 is 0 Å². The van der Waals surface area contributed by atoms with E-state index in [9.17, 15) is 21.0 Å². The van der Waals surface area contributed by atoms with Gasteiger partial charge in [-0.15, -0.1) is 0 Å². The zero-order chi connectivity index (χ0) is 24.8. The highest BCUT2D eigenvalue weighted by atomic mass is 15.2. The van der Waals surface area contributed by atoms with E-state index >= 15 is 0 Å². The van der Waals surface area contributed by atoms with Crippen LogP contribution in [0.4, 0.5) is 46.0 Å². The van der Waals surface area contributed by atoms with Crippen molar-refractivity contribution in [3.8, 4) is 35.4 Å². The fraction of sp³-hybridized carbons (Fsp3) is 0. The maximum absolute atomic E-state index is 9.25. The molecule has 166 valence electrons. The van der Waals surface area contributed by atoms with Gasteiger partial charge in [-0.1, -0.05) is 12.1 Å². The number of anilines is 8. The average molecular weight is 466 g/mol. The summed E-state index contributed by atoms with van der Waals surface area (Å²) in [4.78, 5) is 16.8. The third-order valence-corrected chi connectivity index (χ3v) is 5.60. The van der Waals surface area contributed by atoms with Gasteiger partial charge in [0, 0.05) is 0 Å². The summed E-state index contributed by atoms with van der Waals surface area (Å²) in [5.74, 6) is 1.44. The van der Waals surface area contributed by atoms with E-state index in [1.807, 2.05) is 60.7 Å². The molecule has 4 aromatic rings. The van der Waals surface area contributed by atoms with Gasteiger partial charge in [0.25, 0.3) is 0 Å². The molecule has 2 aliphatic rings. The largest absolute Gasteiger partial charge is 0.335 e. The zero-order valence-corrected chi connectivity index (χ0v) is 18.0. The monoisotopic (exact) mass is 466 g/mol. The molecule has 4 N–H and O–H groups in total. The van der Waals surface area contributed by atoms with E-state index in [-0.39, 0.29) is 22.8 Å². The first-order valence-electron chi connectivity index (χ1n) is 10.4. The third kappa shape index (κ3) is 3.12. The van der Waals surface area contributed by atoms with Gasteiger partial charge in [-0.25, -0.2) is 19.9 Å². The number of fused-ring (bicyclic) bond motifs is 4. The van der Waals surface area contributed by atoms with Crippen LogP contribution in [0, 0.1) is 45.3 Å². The SMILES string of the molecule is N#Cc1nc2c(nc1C#N)Nc1cc(-c3ccc4c(c3)Nc3nc(C#N)c(C#N)nc3N4)ccc1N2. The normalized spacial score (nSPS) is 11.6. The molecule has 0 atom stereocenters. The highest BCUT2D eigenvalue weighted by molar-refractivity contribution is 5.92. The quantitative estimate of drug-likeness (QED) is 0.272. The number of hydrogen-bond donors (Lipinski definition) is 4. The molecule has 6 rings (SSSR count). The first-order chi connectivity index (χ1) is 17.6. The minimum atomic E-state index is -0.0526. The molecule has 0 radical (unpaired) electrons. The standard InChI is InChI=1S/C24H10N12/c25-7-17-19(9-27)35-23-21(33-17)29-13-3-1-11(5-15(13)31-23)12-2-4-14-16(6-12)32-24-22(30-14)34-18(8-26)20(10-28)36-24/h1-6H,(H,29,33)(H,30,34)(H,31,35)(H,32,36). The number of nitrogens with one attached hydrogen (secondary N) is 4. The van der Waals surface area contributed by atoms with Gasteiger partial charge in [-0.05, 0) is 35.4 Å². The molecular formula is C24H10N12. The first kappa shape index (κ1) is 20.4. The van der Waals surface area contributed by atoms with Crippen molar-refractivity contribution in [2.24, 2.45) is 0 Å². The molecular weight excluding hydrogens is 456 g/mol. The van der Waals surface area contributed by atoms with Gasteiger partial charge < -0.3 is 21.3 Å². The molecule has 0 aliphatic carbocycles. The number of hydrogen-bond acceptors (Lipinski definition) is 12. The van der Waals surface area contributed by atoms with Gasteiger partial charge in [0.15, 0.2) is 46.0 Å². The van der Waals surface area contributed by atoms with Gasteiger partial charge in [-0.2, -0.15) is 21.0 Å². The van der Waals surface area contributed by atoms with Crippen LogP contribution in [0.25, 0.3) is 11.1 Å². The molecule has 0 saturated heterocycles. The Kier molecular flexibility index (Phi) is 4.34. The van der Waals surface area contributed by atoms with Crippen LogP contribution in [0.15, 0.2) is 36.4 Å². The van der Waals surface area contributed by atoms with Crippen LogP contribution in [-0.2, 0) is 0 Å². The summed E-state index contributed by atoms with van der Waals surface area (Å²) in [6, 6.07) is 19.0. The van der Waals surface area contributed by atoms with Crippen molar-refractivity contribution in [3.63, 3.8) is 0 Å². The van der Waals surface area contributed by atoms with E-state index in [1.165, 1.54) is 0 Å². The number of aromatic nitrogens is 4. The second-order valence-electron chi connectivity index (χ2n) is 7.70. The van der Waals surface area contributed by atoms with E-state index in [0.717, 1.165) is 33.9 Å². The minimum Gasteiger partial charge on any atom is -0.335 e. The van der Waals surface area contributed by atoms with Crippen LogP contribution in [0.3, 0.4) is 0 Å². The van der Waals surface area contributed by atoms with Crippen LogP contribution in [0.1, 0.15) is 22.8 Å². The van der Waals surface area contributed by atoms with Gasteiger partial charge in [0.05, 0.1) is 22.7 Å². The summed E-state index contributed by atoms with van der Waals surface area (Å²) < 4.78 is 0. The average Bonchev–Trinajstić information content (AvgIpc) is 2.92. The number of rotatable bonds is 1. The molecule has 12 heteroatoms. The summed E-state index contributed by atoms with van der Waals surface area (Å²) in [6.45, 7) is 0. The second kappa shape index (κ2) is 7.67. The molecule has 12 nitrogen and oxygen atoms in total. The summed E-state index contributed by atoms with van der Waals surface area (Å²) in [5.41, 5.74) is 4.54. The number of nitriles is 4. The highest BCUT2D eigenvalue weighted by Crippen LogP contribution is 2.42. The van der Waals surface area contributed by atoms with Crippen LogP contribution in [-0.4, -0.2) is 19.9 Å². The molecule has 2 aromatic carbocycles. The highest BCUT2D eigenvalue weighted by Gasteiger charge is 2.23. The van der Waals surface area contributed by atoms with E-state index < -0.39 is 0 Å². The topological polar surface area (TPSA) is 195 Å². The molecule has 36 heavy (non-hydrogen) atoms. The second-order valence-corrected chi connectivity index (χ2v) is 7.70. The predicted octanol–water partition coefficient (Wildman–Crippen LogP) is 4.02. The fourth-order valence-corrected chi connectivity index (χ4v) is 3.91. The van der Waals surface area contributed by atoms with Crippen molar-refractivity contribution in [2.45, 2.75) is 0 Å². The third-order valence-electron chi connectivity index (χ3n) is 5.60. The molecule has 0 spiro atoms. The Hall–Kier alpha value is -6.24. The van der Waals surface area contributed by atoms with Crippen molar-refractivity contribution >= 4 is 46.0 Å². The van der Waals surface area contributed by atoms with Gasteiger partial charge in [-0.3, -0.25) is 0 Å². The Bertz CT molecular complexity index is 1660. The zero-order valence-electron chi connectivity index (χ0n) is 18.0. The van der Waals surface area contributed by atoms with Crippen molar-refractivity contribution in [1.29, 1.82) is 21.0 Å². The molecule has 0 amide bonds. The number of benzene rings is 2. The lowest BCUT2D eigenvalue weighted by Crippen LogP contribution is -2.12. The Morgan fingerprint density at radius 3 is 1.06 bits per heavy atom. The van der Waals surface area contributed by atoms with Crippen molar-refractivity contribution < 1.29 is 0 Å². The summed E-state index contributed by atoms with van der Waals surface area (Å²) >= 11 is 0. The minimum absolute atomic E-state index is 0.0437. The molecule has 0 fully saturated rings. The van der Waals surface area contributed by atoms with E-state index in [0.29, 0.717) is 23.3 Å². The summed E-state index contributed by atoms with van der Waals surface area (Å²) in [7, 11) is 0. The lowest BCUT2D eigenvalue weighted by molar-refractivity contribution is 1.12. The smallest absolute Gasteiger partial charge is 0.179 e. The first-order valence-corrected chi connectivity index (χ1v) is 10.4. The van der Waals surface area contributed by atoms with Crippen LogP contribution in [0.2, 0.25) is 0 Å². The van der Waals surface area contributed by atoms with E-state index in [1.54, 1.807) is 0 Å². The van der Waals surface area contributed by atoms with Crippen molar-refractivity contribution in [3.05, 3.63) is 59.2 Å². The summed E-state index contributed by atoms with van der Waals surface area (Å²) in [5, 5.41) is 49.5. The van der Waals surface area contributed by atoms with Crippen molar-refractivity contribution in [2.75, 3.05) is 21.3 Å². The van der Waals surface area contributed by atoms with Gasteiger partial charge in [0.2, 0.25) is 0 Å². The molecule has 0 saturated carbocycles. The maximum atomic E-state index is 9.25. The molecule has 2 aromatic heterocycles. The Morgan fingerprint density at radius 1 is 0.444 bits per heavy atom. The van der Waals surface area contributed by atoms with E-state index in [4.69, 9.17) is 0 Å². The molecule has 2 aliphatic heterocycles. The number of nitrogens with zero attached hydrogens (tertiary/aromatic N) is 8. The molecule has 4 heterocycles.